The molecule has 0 aliphatic carbocycles. The normalized spacial score (nSPS) is 15.9. The Balaban J connectivity index is 2.07. The van der Waals surface area contributed by atoms with E-state index in [4.69, 9.17) is 0 Å². The number of benzene rings is 1. The summed E-state index contributed by atoms with van der Waals surface area (Å²) in [5.74, 6) is -0.393. The number of hydrazone groups is 1. The molecular weight excluding hydrogens is 320 g/mol. The molecule has 0 spiro atoms. The summed E-state index contributed by atoms with van der Waals surface area (Å²) in [5, 5.41) is 17.0. The van der Waals surface area contributed by atoms with Crippen molar-refractivity contribution >= 4 is 5.71 Å². The fraction of sp³-hybridized carbons (Fsp3) is 0.389. The van der Waals surface area contributed by atoms with Gasteiger partial charge in [-0.15, -0.1) is 0 Å². The van der Waals surface area contributed by atoms with E-state index in [1.54, 1.807) is 31.2 Å². The number of hydrogen-bond acceptors (Lipinski definition) is 5. The van der Waals surface area contributed by atoms with Gasteiger partial charge in [0, 0.05) is 13.1 Å². The van der Waals surface area contributed by atoms with Gasteiger partial charge in [0.2, 0.25) is 5.88 Å². The summed E-state index contributed by atoms with van der Waals surface area (Å²) in [6, 6.07) is 8.69. The van der Waals surface area contributed by atoms with Crippen molar-refractivity contribution in [3.63, 3.8) is 0 Å². The van der Waals surface area contributed by atoms with Crippen LogP contribution in [0.3, 0.4) is 0 Å². The summed E-state index contributed by atoms with van der Waals surface area (Å²) >= 11 is 0. The molecule has 0 amide bonds. The minimum Gasteiger partial charge on any atom is -0.493 e. The van der Waals surface area contributed by atoms with Crippen molar-refractivity contribution in [2.24, 2.45) is 5.10 Å². The molecule has 0 atom stereocenters. The number of nitrogens with zero attached hydrogens (tertiary/aromatic N) is 3. The number of hydrogen-bond donors (Lipinski definition) is 2. The second-order valence-electron chi connectivity index (χ2n) is 6.18. The van der Waals surface area contributed by atoms with E-state index in [1.165, 1.54) is 12.8 Å². The lowest BCUT2D eigenvalue weighted by Gasteiger charge is -2.18. The topological polar surface area (TPSA) is 90.7 Å². The Kier molecular flexibility index (Phi) is 5.02. The summed E-state index contributed by atoms with van der Waals surface area (Å²) < 4.78 is 1.08. The average Bonchev–Trinajstić information content (AvgIpc) is 2.84. The van der Waals surface area contributed by atoms with Gasteiger partial charge in [0.1, 0.15) is 5.56 Å². The van der Waals surface area contributed by atoms with Crippen LogP contribution in [-0.2, 0) is 0 Å². The zero-order valence-corrected chi connectivity index (χ0v) is 14.2. The van der Waals surface area contributed by atoms with Gasteiger partial charge in [-0.05, 0) is 31.9 Å². The minimum absolute atomic E-state index is 0.0210. The Labute approximate surface area is 145 Å². The first-order chi connectivity index (χ1) is 12.1. The van der Waals surface area contributed by atoms with Crippen LogP contribution in [0, 0.1) is 0 Å². The smallest absolute Gasteiger partial charge is 0.335 e. The molecule has 1 aromatic carbocycles. The molecule has 7 nitrogen and oxygen atoms in total. The van der Waals surface area contributed by atoms with Crippen molar-refractivity contribution in [2.45, 2.75) is 32.6 Å². The number of H-pyrrole nitrogens is 1. The molecule has 3 rings (SSSR count). The number of para-hydroxylation sites is 1. The van der Waals surface area contributed by atoms with Gasteiger partial charge in [0.25, 0.3) is 5.56 Å². The second-order valence-corrected chi connectivity index (χ2v) is 6.18. The Hall–Kier alpha value is -2.83. The second kappa shape index (κ2) is 7.38. The minimum atomic E-state index is -0.681. The van der Waals surface area contributed by atoms with E-state index < -0.39 is 17.1 Å². The lowest BCUT2D eigenvalue weighted by molar-refractivity contribution is 0.300. The molecule has 0 saturated carbocycles. The molecule has 1 saturated heterocycles. The third-order valence-electron chi connectivity index (χ3n) is 4.34. The zero-order valence-electron chi connectivity index (χ0n) is 14.2. The van der Waals surface area contributed by atoms with Gasteiger partial charge in [-0.1, -0.05) is 31.0 Å². The van der Waals surface area contributed by atoms with E-state index in [0.29, 0.717) is 11.4 Å². The van der Waals surface area contributed by atoms with Crippen LogP contribution in [0.15, 0.2) is 45.0 Å². The fourth-order valence-electron chi connectivity index (χ4n) is 3.08. The highest BCUT2D eigenvalue weighted by Crippen LogP contribution is 2.18. The van der Waals surface area contributed by atoms with E-state index in [1.807, 2.05) is 11.1 Å². The zero-order chi connectivity index (χ0) is 17.8. The molecule has 0 radical (unpaired) electrons. The van der Waals surface area contributed by atoms with Crippen LogP contribution in [-0.4, -0.2) is 38.5 Å². The number of aromatic nitrogens is 2. The lowest BCUT2D eigenvalue weighted by atomic mass is 10.2. The van der Waals surface area contributed by atoms with E-state index in [0.717, 1.165) is 30.5 Å². The molecule has 0 unspecified atom stereocenters. The highest BCUT2D eigenvalue weighted by molar-refractivity contribution is 6.00. The molecule has 7 heteroatoms. The van der Waals surface area contributed by atoms with Crippen molar-refractivity contribution in [3.05, 3.63) is 56.7 Å². The van der Waals surface area contributed by atoms with E-state index in [9.17, 15) is 14.7 Å². The summed E-state index contributed by atoms with van der Waals surface area (Å²) in [6.45, 7) is 3.33. The highest BCUT2D eigenvalue weighted by Gasteiger charge is 2.19. The standard InChI is InChI=1S/C18H22N4O3/c1-13(20-21-11-7-2-3-8-12-21)15-16(23)19-18(25)22(17(15)24)14-9-5-4-6-10-14/h4-6,9-10,24H,2-3,7-8,11-12H2,1H3,(H,19,23,25)/b20-13+. The van der Waals surface area contributed by atoms with Crippen molar-refractivity contribution in [3.8, 4) is 11.6 Å². The Morgan fingerprint density at radius 1 is 1.08 bits per heavy atom. The molecular formula is C18H22N4O3. The molecule has 1 aliphatic rings. The van der Waals surface area contributed by atoms with Crippen molar-refractivity contribution < 1.29 is 5.11 Å². The molecule has 1 fully saturated rings. The molecule has 2 heterocycles. The predicted octanol–water partition coefficient (Wildman–Crippen LogP) is 1.83. The molecule has 2 N–H and O–H groups in total. The maximum atomic E-state index is 12.3. The first-order valence-electron chi connectivity index (χ1n) is 8.52. The van der Waals surface area contributed by atoms with Crippen LogP contribution in [0.5, 0.6) is 5.88 Å². The average molecular weight is 342 g/mol. The summed E-state index contributed by atoms with van der Waals surface area (Å²) in [5.41, 5.74) is -0.422. The largest absolute Gasteiger partial charge is 0.493 e. The molecule has 1 aliphatic heterocycles. The fourth-order valence-corrected chi connectivity index (χ4v) is 3.08. The van der Waals surface area contributed by atoms with Crippen molar-refractivity contribution in [1.82, 2.24) is 14.6 Å². The number of nitrogens with one attached hydrogen (secondary N) is 1. The van der Waals surface area contributed by atoms with Gasteiger partial charge in [0.05, 0.1) is 11.4 Å². The Morgan fingerprint density at radius 2 is 1.72 bits per heavy atom. The lowest BCUT2D eigenvalue weighted by Crippen LogP contribution is -2.33. The maximum absolute atomic E-state index is 12.3. The summed E-state index contributed by atoms with van der Waals surface area (Å²) in [7, 11) is 0. The third-order valence-corrected chi connectivity index (χ3v) is 4.34. The molecule has 2 aromatic rings. The van der Waals surface area contributed by atoms with Crippen molar-refractivity contribution in [2.75, 3.05) is 13.1 Å². The van der Waals surface area contributed by atoms with Crippen LogP contribution in [0.2, 0.25) is 0 Å². The highest BCUT2D eigenvalue weighted by atomic mass is 16.3. The summed E-state index contributed by atoms with van der Waals surface area (Å²) in [6.07, 6.45) is 4.47. The van der Waals surface area contributed by atoms with Crippen molar-refractivity contribution in [1.29, 1.82) is 0 Å². The predicted molar refractivity (Wildman–Crippen MR) is 96.6 cm³/mol. The first kappa shape index (κ1) is 17.0. The van der Waals surface area contributed by atoms with Crippen LogP contribution in [0.1, 0.15) is 38.2 Å². The van der Waals surface area contributed by atoms with Crippen LogP contribution < -0.4 is 11.2 Å². The molecule has 132 valence electrons. The van der Waals surface area contributed by atoms with Gasteiger partial charge in [-0.3, -0.25) is 14.8 Å². The van der Waals surface area contributed by atoms with E-state index in [-0.39, 0.29) is 5.56 Å². The summed E-state index contributed by atoms with van der Waals surface area (Å²) in [4.78, 5) is 26.7. The van der Waals surface area contributed by atoms with E-state index in [2.05, 4.69) is 10.1 Å². The van der Waals surface area contributed by atoms with Crippen LogP contribution >= 0.6 is 0 Å². The SMILES string of the molecule is C/C(=N\N1CCCCCC1)c1c(O)n(-c2ccccc2)c(=O)[nH]c1=O. The number of rotatable bonds is 3. The Morgan fingerprint density at radius 3 is 2.36 bits per heavy atom. The van der Waals surface area contributed by atoms with Crippen LogP contribution in [0.25, 0.3) is 5.69 Å². The number of aromatic hydroxyl groups is 1. The monoisotopic (exact) mass is 342 g/mol. The van der Waals surface area contributed by atoms with Gasteiger partial charge >= 0.3 is 5.69 Å². The van der Waals surface area contributed by atoms with Gasteiger partial charge in [0.15, 0.2) is 0 Å². The Bertz CT molecular complexity index is 875. The maximum Gasteiger partial charge on any atom is 0.335 e. The quantitative estimate of drug-likeness (QED) is 0.833. The van der Waals surface area contributed by atoms with E-state index >= 15 is 0 Å². The van der Waals surface area contributed by atoms with Gasteiger partial charge < -0.3 is 5.11 Å². The first-order valence-corrected chi connectivity index (χ1v) is 8.52. The van der Waals surface area contributed by atoms with Gasteiger partial charge in [-0.2, -0.15) is 5.10 Å². The van der Waals surface area contributed by atoms with Crippen LogP contribution in [0.4, 0.5) is 0 Å². The molecule has 1 aromatic heterocycles. The third kappa shape index (κ3) is 3.65. The number of aromatic amines is 1. The molecule has 0 bridgehead atoms. The van der Waals surface area contributed by atoms with Gasteiger partial charge in [-0.25, -0.2) is 9.36 Å². The molecule has 25 heavy (non-hydrogen) atoms.